The zero-order chi connectivity index (χ0) is 12.8. The van der Waals surface area contributed by atoms with Crippen molar-refractivity contribution in [1.82, 2.24) is 5.32 Å². The highest BCUT2D eigenvalue weighted by Gasteiger charge is 2.05. The lowest BCUT2D eigenvalue weighted by Gasteiger charge is -2.08. The number of para-hydroxylation sites is 1. The predicted octanol–water partition coefficient (Wildman–Crippen LogP) is 2.83. The van der Waals surface area contributed by atoms with Crippen molar-refractivity contribution in [2.75, 3.05) is 5.32 Å². The van der Waals surface area contributed by atoms with E-state index in [-0.39, 0.29) is 5.84 Å². The quantitative estimate of drug-likeness (QED) is 0.547. The molecule has 0 radical (unpaired) electrons. The molecule has 0 aliphatic heterocycles. The van der Waals surface area contributed by atoms with Crippen LogP contribution in [0.4, 0.5) is 10.5 Å². The highest BCUT2D eigenvalue weighted by atomic mass is 16.2. The van der Waals surface area contributed by atoms with E-state index in [4.69, 9.17) is 5.41 Å². The SMILES string of the molecule is N=C(NC(=O)Nc1ccccc1)c1ccccc1. The van der Waals surface area contributed by atoms with E-state index in [1.165, 1.54) is 0 Å². The van der Waals surface area contributed by atoms with Crippen LogP contribution in [0.1, 0.15) is 5.56 Å². The largest absolute Gasteiger partial charge is 0.324 e. The van der Waals surface area contributed by atoms with Gasteiger partial charge in [0, 0.05) is 11.3 Å². The summed E-state index contributed by atoms with van der Waals surface area (Å²) in [5.74, 6) is 0.0732. The number of amidine groups is 1. The van der Waals surface area contributed by atoms with Gasteiger partial charge in [0.25, 0.3) is 0 Å². The number of urea groups is 1. The first-order valence-electron chi connectivity index (χ1n) is 5.53. The van der Waals surface area contributed by atoms with Gasteiger partial charge < -0.3 is 5.32 Å². The van der Waals surface area contributed by atoms with Crippen molar-refractivity contribution in [3.63, 3.8) is 0 Å². The van der Waals surface area contributed by atoms with Gasteiger partial charge in [-0.2, -0.15) is 0 Å². The first-order chi connectivity index (χ1) is 8.75. The Kier molecular flexibility index (Phi) is 3.71. The summed E-state index contributed by atoms with van der Waals surface area (Å²) in [6.07, 6.45) is 0. The molecule has 0 aromatic heterocycles. The van der Waals surface area contributed by atoms with E-state index in [0.29, 0.717) is 11.3 Å². The number of amides is 2. The fourth-order valence-electron chi connectivity index (χ4n) is 1.47. The molecule has 2 amide bonds. The molecule has 0 atom stereocenters. The maximum absolute atomic E-state index is 11.6. The lowest BCUT2D eigenvalue weighted by molar-refractivity contribution is 0.256. The van der Waals surface area contributed by atoms with Crippen LogP contribution in [0, 0.1) is 5.41 Å². The third-order valence-corrected chi connectivity index (χ3v) is 2.33. The van der Waals surface area contributed by atoms with E-state index in [2.05, 4.69) is 10.6 Å². The third kappa shape index (κ3) is 3.18. The molecule has 0 bridgehead atoms. The molecule has 90 valence electrons. The second kappa shape index (κ2) is 5.63. The highest BCUT2D eigenvalue weighted by molar-refractivity contribution is 6.09. The molecule has 0 aliphatic rings. The number of carbonyl (C=O) groups is 1. The molecule has 0 saturated heterocycles. The Morgan fingerprint density at radius 3 is 2.06 bits per heavy atom. The van der Waals surface area contributed by atoms with Crippen LogP contribution in [-0.4, -0.2) is 11.9 Å². The van der Waals surface area contributed by atoms with E-state index in [1.54, 1.807) is 24.3 Å². The van der Waals surface area contributed by atoms with Gasteiger partial charge in [0.2, 0.25) is 0 Å². The zero-order valence-corrected chi connectivity index (χ0v) is 9.68. The molecule has 3 N–H and O–H groups in total. The summed E-state index contributed by atoms with van der Waals surface area (Å²) in [7, 11) is 0. The lowest BCUT2D eigenvalue weighted by Crippen LogP contribution is -2.34. The number of nitrogens with one attached hydrogen (secondary N) is 3. The van der Waals surface area contributed by atoms with Crippen molar-refractivity contribution < 1.29 is 4.79 Å². The van der Waals surface area contributed by atoms with Gasteiger partial charge in [-0.3, -0.25) is 10.7 Å². The molecule has 0 aliphatic carbocycles. The minimum atomic E-state index is -0.421. The van der Waals surface area contributed by atoms with Crippen molar-refractivity contribution in [2.45, 2.75) is 0 Å². The minimum Gasteiger partial charge on any atom is -0.308 e. The van der Waals surface area contributed by atoms with Crippen molar-refractivity contribution in [1.29, 1.82) is 5.41 Å². The maximum Gasteiger partial charge on any atom is 0.324 e. The summed E-state index contributed by atoms with van der Waals surface area (Å²) in [6.45, 7) is 0. The average molecular weight is 239 g/mol. The van der Waals surface area contributed by atoms with Gasteiger partial charge in [-0.05, 0) is 12.1 Å². The van der Waals surface area contributed by atoms with Gasteiger partial charge >= 0.3 is 6.03 Å². The summed E-state index contributed by atoms with van der Waals surface area (Å²) in [5, 5.41) is 12.9. The van der Waals surface area contributed by atoms with Gasteiger partial charge in [0.1, 0.15) is 5.84 Å². The van der Waals surface area contributed by atoms with Gasteiger partial charge in [-0.15, -0.1) is 0 Å². The normalized spacial score (nSPS) is 9.56. The Bertz CT molecular complexity index is 537. The summed E-state index contributed by atoms with van der Waals surface area (Å²) >= 11 is 0. The van der Waals surface area contributed by atoms with Crippen LogP contribution < -0.4 is 10.6 Å². The molecule has 0 unspecified atom stereocenters. The monoisotopic (exact) mass is 239 g/mol. The van der Waals surface area contributed by atoms with Gasteiger partial charge in [-0.1, -0.05) is 48.5 Å². The molecule has 2 aromatic rings. The van der Waals surface area contributed by atoms with Gasteiger partial charge in [0.15, 0.2) is 0 Å². The summed E-state index contributed by atoms with van der Waals surface area (Å²) in [4.78, 5) is 11.6. The van der Waals surface area contributed by atoms with E-state index >= 15 is 0 Å². The molecular weight excluding hydrogens is 226 g/mol. The first-order valence-corrected chi connectivity index (χ1v) is 5.53. The van der Waals surface area contributed by atoms with E-state index in [0.717, 1.165) is 0 Å². The maximum atomic E-state index is 11.6. The number of carbonyl (C=O) groups excluding carboxylic acids is 1. The summed E-state index contributed by atoms with van der Waals surface area (Å²) in [5.41, 5.74) is 1.36. The zero-order valence-electron chi connectivity index (χ0n) is 9.68. The average Bonchev–Trinajstić information content (AvgIpc) is 2.40. The van der Waals surface area contributed by atoms with Crippen LogP contribution in [0.25, 0.3) is 0 Å². The Morgan fingerprint density at radius 1 is 0.889 bits per heavy atom. The molecule has 4 nitrogen and oxygen atoms in total. The molecule has 2 rings (SSSR count). The highest BCUT2D eigenvalue weighted by Crippen LogP contribution is 2.04. The molecule has 4 heteroatoms. The fraction of sp³-hybridized carbons (Fsp3) is 0. The third-order valence-electron chi connectivity index (χ3n) is 2.33. The number of rotatable bonds is 2. The predicted molar refractivity (Wildman–Crippen MR) is 71.9 cm³/mol. The summed E-state index contributed by atoms with van der Waals surface area (Å²) < 4.78 is 0. The van der Waals surface area contributed by atoms with Crippen LogP contribution >= 0.6 is 0 Å². The standard InChI is InChI=1S/C14H13N3O/c15-13(11-7-3-1-4-8-11)17-14(18)16-12-9-5-2-6-10-12/h1-10H,(H3,15,16,17,18). The molecule has 0 saturated carbocycles. The molecular formula is C14H13N3O. The van der Waals surface area contributed by atoms with E-state index in [9.17, 15) is 4.79 Å². The molecule has 2 aromatic carbocycles. The molecule has 18 heavy (non-hydrogen) atoms. The van der Waals surface area contributed by atoms with Gasteiger partial charge in [-0.25, -0.2) is 4.79 Å². The van der Waals surface area contributed by atoms with Gasteiger partial charge in [0.05, 0.1) is 0 Å². The smallest absolute Gasteiger partial charge is 0.308 e. The Hall–Kier alpha value is -2.62. The van der Waals surface area contributed by atoms with Crippen molar-refractivity contribution in [2.24, 2.45) is 0 Å². The van der Waals surface area contributed by atoms with Crippen molar-refractivity contribution in [3.8, 4) is 0 Å². The number of anilines is 1. The summed E-state index contributed by atoms with van der Waals surface area (Å²) in [6, 6.07) is 17.7. The van der Waals surface area contributed by atoms with E-state index < -0.39 is 6.03 Å². The Balaban J connectivity index is 1.94. The second-order valence-electron chi connectivity index (χ2n) is 3.69. The lowest BCUT2D eigenvalue weighted by atomic mass is 10.2. The first kappa shape index (κ1) is 11.9. The van der Waals surface area contributed by atoms with Crippen molar-refractivity contribution >= 4 is 17.6 Å². The topological polar surface area (TPSA) is 65.0 Å². The van der Waals surface area contributed by atoms with Crippen LogP contribution in [0.3, 0.4) is 0 Å². The van der Waals surface area contributed by atoms with Crippen LogP contribution in [0.15, 0.2) is 60.7 Å². The van der Waals surface area contributed by atoms with Crippen LogP contribution in [0.2, 0.25) is 0 Å². The Morgan fingerprint density at radius 2 is 1.44 bits per heavy atom. The minimum absolute atomic E-state index is 0.0732. The number of benzene rings is 2. The van der Waals surface area contributed by atoms with Crippen LogP contribution in [-0.2, 0) is 0 Å². The fourth-order valence-corrected chi connectivity index (χ4v) is 1.47. The van der Waals surface area contributed by atoms with E-state index in [1.807, 2.05) is 36.4 Å². The number of hydrogen-bond acceptors (Lipinski definition) is 2. The number of hydrogen-bond donors (Lipinski definition) is 3. The molecule has 0 fully saturated rings. The molecule has 0 heterocycles. The second-order valence-corrected chi connectivity index (χ2v) is 3.69. The van der Waals surface area contributed by atoms with Crippen LogP contribution in [0.5, 0.6) is 0 Å². The van der Waals surface area contributed by atoms with Crippen molar-refractivity contribution in [3.05, 3.63) is 66.2 Å². The Labute approximate surface area is 105 Å². The molecule has 0 spiro atoms.